The molecule has 0 aliphatic rings. The molecule has 0 fully saturated rings. The first-order chi connectivity index (χ1) is 8.29. The topological polar surface area (TPSA) is 35.2 Å². The molecule has 1 rings (SSSR count). The second kappa shape index (κ2) is 6.44. The number of nitrogens with two attached hydrogens (primary N) is 1. The molecular weight excluding hydrogens is 246 g/mol. The quantitative estimate of drug-likeness (QED) is 0.875. The predicted molar refractivity (Wildman–Crippen MR) is 78.4 cm³/mol. The van der Waals surface area contributed by atoms with Gasteiger partial charge in [-0.05, 0) is 37.3 Å². The normalized spacial score (nSPS) is 13.4. The molecule has 1 aromatic rings. The van der Waals surface area contributed by atoms with Gasteiger partial charge in [0.2, 0.25) is 0 Å². The summed E-state index contributed by atoms with van der Waals surface area (Å²) in [6.07, 6.45) is 1.75. The number of halogens is 1. The van der Waals surface area contributed by atoms with Crippen LogP contribution in [0.5, 0.6) is 5.75 Å². The summed E-state index contributed by atoms with van der Waals surface area (Å²) in [6.45, 7) is 9.30. The third kappa shape index (κ3) is 5.28. The van der Waals surface area contributed by atoms with Gasteiger partial charge < -0.3 is 10.5 Å². The van der Waals surface area contributed by atoms with Gasteiger partial charge in [0.15, 0.2) is 0 Å². The van der Waals surface area contributed by atoms with Crippen molar-refractivity contribution in [2.45, 2.75) is 46.6 Å². The standard InChI is InChI=1S/C15H24ClNO/c1-11(17)10-12-13(16)6-5-7-14(12)18-9-8-15(2,3)4/h5-7,11H,8-10,17H2,1-4H3. The van der Waals surface area contributed by atoms with Gasteiger partial charge in [0, 0.05) is 16.6 Å². The number of hydrogen-bond acceptors (Lipinski definition) is 2. The van der Waals surface area contributed by atoms with Crippen LogP contribution in [0.1, 0.15) is 39.7 Å². The van der Waals surface area contributed by atoms with Gasteiger partial charge in [0.25, 0.3) is 0 Å². The lowest BCUT2D eigenvalue weighted by molar-refractivity contribution is 0.241. The fraction of sp³-hybridized carbons (Fsp3) is 0.600. The summed E-state index contributed by atoms with van der Waals surface area (Å²) in [5.41, 5.74) is 7.14. The minimum absolute atomic E-state index is 0.0786. The van der Waals surface area contributed by atoms with Gasteiger partial charge in [-0.15, -0.1) is 0 Å². The lowest BCUT2D eigenvalue weighted by Gasteiger charge is -2.20. The van der Waals surface area contributed by atoms with E-state index >= 15 is 0 Å². The molecule has 3 heteroatoms. The molecule has 0 saturated heterocycles. The SMILES string of the molecule is CC(N)Cc1c(Cl)cccc1OCCC(C)(C)C. The van der Waals surface area contributed by atoms with Gasteiger partial charge in [0.05, 0.1) is 6.61 Å². The molecule has 0 spiro atoms. The summed E-state index contributed by atoms with van der Waals surface area (Å²) in [5.74, 6) is 0.865. The molecule has 0 heterocycles. The van der Waals surface area contributed by atoms with Gasteiger partial charge in [0.1, 0.15) is 5.75 Å². The van der Waals surface area contributed by atoms with Crippen molar-refractivity contribution in [2.75, 3.05) is 6.61 Å². The zero-order chi connectivity index (χ0) is 13.8. The van der Waals surface area contributed by atoms with E-state index in [1.165, 1.54) is 0 Å². The monoisotopic (exact) mass is 269 g/mol. The van der Waals surface area contributed by atoms with Gasteiger partial charge in [-0.2, -0.15) is 0 Å². The molecular formula is C15H24ClNO. The molecule has 1 atom stereocenters. The summed E-state index contributed by atoms with van der Waals surface area (Å²) < 4.78 is 5.85. The Morgan fingerprint density at radius 3 is 2.56 bits per heavy atom. The summed E-state index contributed by atoms with van der Waals surface area (Å²) in [7, 11) is 0. The van der Waals surface area contributed by atoms with Crippen molar-refractivity contribution < 1.29 is 4.74 Å². The Balaban J connectivity index is 2.72. The lowest BCUT2D eigenvalue weighted by atomic mass is 9.93. The Labute approximate surface area is 115 Å². The average Bonchev–Trinajstić information content (AvgIpc) is 2.20. The minimum atomic E-state index is 0.0786. The van der Waals surface area contributed by atoms with Crippen LogP contribution in [0.4, 0.5) is 0 Å². The Morgan fingerprint density at radius 2 is 2.00 bits per heavy atom. The number of benzene rings is 1. The summed E-state index contributed by atoms with van der Waals surface area (Å²) in [6, 6.07) is 5.84. The molecule has 0 saturated carbocycles. The lowest BCUT2D eigenvalue weighted by Crippen LogP contribution is -2.19. The van der Waals surface area contributed by atoms with Crippen LogP contribution >= 0.6 is 11.6 Å². The minimum Gasteiger partial charge on any atom is -0.493 e. The zero-order valence-corrected chi connectivity index (χ0v) is 12.6. The van der Waals surface area contributed by atoms with Crippen molar-refractivity contribution in [3.63, 3.8) is 0 Å². The summed E-state index contributed by atoms with van der Waals surface area (Å²) >= 11 is 6.21. The van der Waals surface area contributed by atoms with E-state index in [0.717, 1.165) is 29.2 Å². The first kappa shape index (κ1) is 15.3. The Kier molecular flexibility index (Phi) is 5.48. The average molecular weight is 270 g/mol. The van der Waals surface area contributed by atoms with E-state index in [2.05, 4.69) is 20.8 Å². The molecule has 0 aliphatic carbocycles. The van der Waals surface area contributed by atoms with E-state index in [1.807, 2.05) is 25.1 Å². The molecule has 2 N–H and O–H groups in total. The van der Waals surface area contributed by atoms with E-state index in [-0.39, 0.29) is 11.5 Å². The fourth-order valence-corrected chi connectivity index (χ4v) is 1.90. The smallest absolute Gasteiger partial charge is 0.124 e. The first-order valence-electron chi connectivity index (χ1n) is 6.45. The summed E-state index contributed by atoms with van der Waals surface area (Å²) in [5, 5.41) is 0.737. The van der Waals surface area contributed by atoms with Crippen LogP contribution in [0.2, 0.25) is 5.02 Å². The highest BCUT2D eigenvalue weighted by molar-refractivity contribution is 6.31. The fourth-order valence-electron chi connectivity index (χ4n) is 1.66. The molecule has 102 valence electrons. The van der Waals surface area contributed by atoms with E-state index in [1.54, 1.807) is 0 Å². The highest BCUT2D eigenvalue weighted by atomic mass is 35.5. The Hall–Kier alpha value is -0.730. The van der Waals surface area contributed by atoms with Crippen LogP contribution in [0, 0.1) is 5.41 Å². The zero-order valence-electron chi connectivity index (χ0n) is 11.8. The first-order valence-corrected chi connectivity index (χ1v) is 6.83. The van der Waals surface area contributed by atoms with Crippen LogP contribution in [0.15, 0.2) is 18.2 Å². The number of hydrogen-bond donors (Lipinski definition) is 1. The van der Waals surface area contributed by atoms with Gasteiger partial charge in [-0.1, -0.05) is 38.4 Å². The molecule has 0 radical (unpaired) electrons. The summed E-state index contributed by atoms with van der Waals surface area (Å²) in [4.78, 5) is 0. The third-order valence-corrected chi connectivity index (χ3v) is 3.07. The maximum Gasteiger partial charge on any atom is 0.124 e. The second-order valence-electron chi connectivity index (χ2n) is 6.06. The van der Waals surface area contributed by atoms with Gasteiger partial charge in [-0.25, -0.2) is 0 Å². The highest BCUT2D eigenvalue weighted by Gasteiger charge is 2.13. The molecule has 0 amide bonds. The maximum absolute atomic E-state index is 6.21. The molecule has 1 aromatic carbocycles. The van der Waals surface area contributed by atoms with Crippen molar-refractivity contribution in [1.82, 2.24) is 0 Å². The molecule has 1 unspecified atom stereocenters. The van der Waals surface area contributed by atoms with Gasteiger partial charge in [-0.3, -0.25) is 0 Å². The van der Waals surface area contributed by atoms with Crippen molar-refractivity contribution in [3.05, 3.63) is 28.8 Å². The van der Waals surface area contributed by atoms with Crippen LogP contribution in [0.3, 0.4) is 0 Å². The largest absolute Gasteiger partial charge is 0.493 e. The predicted octanol–water partition coefficient (Wildman–Crippen LogP) is 4.04. The van der Waals surface area contributed by atoms with E-state index in [4.69, 9.17) is 22.1 Å². The second-order valence-corrected chi connectivity index (χ2v) is 6.46. The van der Waals surface area contributed by atoms with E-state index in [0.29, 0.717) is 6.61 Å². The van der Waals surface area contributed by atoms with Crippen molar-refractivity contribution in [2.24, 2.45) is 11.1 Å². The molecule has 0 aliphatic heterocycles. The van der Waals surface area contributed by atoms with Crippen LogP contribution in [0.25, 0.3) is 0 Å². The number of ether oxygens (including phenoxy) is 1. The van der Waals surface area contributed by atoms with Crippen LogP contribution in [-0.2, 0) is 6.42 Å². The molecule has 0 bridgehead atoms. The number of rotatable bonds is 5. The van der Waals surface area contributed by atoms with E-state index < -0.39 is 0 Å². The van der Waals surface area contributed by atoms with Crippen LogP contribution in [-0.4, -0.2) is 12.6 Å². The maximum atomic E-state index is 6.21. The van der Waals surface area contributed by atoms with Crippen molar-refractivity contribution in [3.8, 4) is 5.75 Å². The Bertz CT molecular complexity index is 383. The van der Waals surface area contributed by atoms with Crippen molar-refractivity contribution >= 4 is 11.6 Å². The molecule has 0 aromatic heterocycles. The third-order valence-electron chi connectivity index (χ3n) is 2.71. The highest BCUT2D eigenvalue weighted by Crippen LogP contribution is 2.28. The van der Waals surface area contributed by atoms with Gasteiger partial charge >= 0.3 is 0 Å². The van der Waals surface area contributed by atoms with E-state index in [9.17, 15) is 0 Å². The molecule has 18 heavy (non-hydrogen) atoms. The van der Waals surface area contributed by atoms with Crippen molar-refractivity contribution in [1.29, 1.82) is 0 Å². The molecule has 2 nitrogen and oxygen atoms in total. The Morgan fingerprint density at radius 1 is 1.33 bits per heavy atom. The van der Waals surface area contributed by atoms with Crippen LogP contribution < -0.4 is 10.5 Å².